The second-order valence-corrected chi connectivity index (χ2v) is 4.58. The van der Waals surface area contributed by atoms with Gasteiger partial charge in [0, 0.05) is 5.71 Å². The van der Waals surface area contributed by atoms with E-state index in [2.05, 4.69) is 4.99 Å². The van der Waals surface area contributed by atoms with Crippen molar-refractivity contribution in [1.82, 2.24) is 0 Å². The summed E-state index contributed by atoms with van der Waals surface area (Å²) in [7, 11) is 0. The molecule has 0 amide bonds. The van der Waals surface area contributed by atoms with Gasteiger partial charge in [-0.2, -0.15) is 13.2 Å². The van der Waals surface area contributed by atoms with E-state index in [0.717, 1.165) is 17.2 Å². The highest BCUT2D eigenvalue weighted by atomic mass is 19.4. The third-order valence-electron chi connectivity index (χ3n) is 2.97. The van der Waals surface area contributed by atoms with Crippen molar-refractivity contribution in [2.75, 3.05) is 0 Å². The van der Waals surface area contributed by atoms with Crippen molar-refractivity contribution in [2.24, 2.45) is 4.99 Å². The van der Waals surface area contributed by atoms with E-state index in [1.54, 1.807) is 13.0 Å². The highest BCUT2D eigenvalue weighted by molar-refractivity contribution is 6.00. The monoisotopic (exact) mass is 277 g/mol. The Labute approximate surface area is 115 Å². The number of hydrogen-bond acceptors (Lipinski definition) is 1. The van der Waals surface area contributed by atoms with Crippen LogP contribution in [0.3, 0.4) is 0 Å². The maximum absolute atomic E-state index is 12.9. The number of nitrogens with zero attached hydrogens (tertiary/aromatic N) is 1. The van der Waals surface area contributed by atoms with Crippen LogP contribution in [0.5, 0.6) is 0 Å². The molecule has 1 nitrogen and oxygen atoms in total. The number of rotatable bonds is 2. The number of halogens is 3. The number of alkyl halides is 3. The summed E-state index contributed by atoms with van der Waals surface area (Å²) in [6.07, 6.45) is -4.40. The van der Waals surface area contributed by atoms with E-state index in [1.807, 2.05) is 31.2 Å². The quantitative estimate of drug-likeness (QED) is 0.673. The van der Waals surface area contributed by atoms with E-state index in [0.29, 0.717) is 5.71 Å². The molecule has 0 radical (unpaired) electrons. The van der Waals surface area contributed by atoms with Gasteiger partial charge in [0.05, 0.1) is 11.3 Å². The van der Waals surface area contributed by atoms with Crippen molar-refractivity contribution in [3.63, 3.8) is 0 Å². The molecular formula is C16H14F3N. The molecule has 0 N–H and O–H groups in total. The van der Waals surface area contributed by atoms with Crippen molar-refractivity contribution in [1.29, 1.82) is 0 Å². The van der Waals surface area contributed by atoms with Gasteiger partial charge in [0.25, 0.3) is 0 Å². The first-order chi connectivity index (χ1) is 9.38. The van der Waals surface area contributed by atoms with Crippen LogP contribution >= 0.6 is 0 Å². The molecule has 0 saturated carbocycles. The predicted octanol–water partition coefficient (Wildman–Crippen LogP) is 5.15. The van der Waals surface area contributed by atoms with Gasteiger partial charge in [-0.1, -0.05) is 42.0 Å². The molecule has 0 fully saturated rings. The Hall–Kier alpha value is -2.10. The fraction of sp³-hybridized carbons (Fsp3) is 0.188. The number of benzene rings is 2. The third-order valence-corrected chi connectivity index (χ3v) is 2.97. The minimum atomic E-state index is -4.40. The lowest BCUT2D eigenvalue weighted by Crippen LogP contribution is -2.05. The van der Waals surface area contributed by atoms with Crippen LogP contribution in [0.15, 0.2) is 53.5 Å². The molecule has 2 aromatic carbocycles. The smallest absolute Gasteiger partial charge is 0.253 e. The first-order valence-electron chi connectivity index (χ1n) is 6.16. The summed E-state index contributed by atoms with van der Waals surface area (Å²) in [5.41, 5.74) is 1.69. The average Bonchev–Trinajstić information content (AvgIpc) is 2.38. The number of aryl methyl sites for hydroxylation is 1. The maximum Gasteiger partial charge on any atom is 0.418 e. The molecule has 0 saturated heterocycles. The van der Waals surface area contributed by atoms with E-state index < -0.39 is 11.7 Å². The zero-order chi connectivity index (χ0) is 14.8. The van der Waals surface area contributed by atoms with Crippen LogP contribution in [-0.4, -0.2) is 5.71 Å². The predicted molar refractivity (Wildman–Crippen MR) is 74.5 cm³/mol. The van der Waals surface area contributed by atoms with Crippen molar-refractivity contribution in [3.05, 3.63) is 65.2 Å². The van der Waals surface area contributed by atoms with Gasteiger partial charge in [-0.25, -0.2) is 0 Å². The molecule has 0 aromatic heterocycles. The van der Waals surface area contributed by atoms with E-state index in [9.17, 15) is 13.2 Å². The minimum Gasteiger partial charge on any atom is -0.253 e. The summed E-state index contributed by atoms with van der Waals surface area (Å²) in [5, 5.41) is 0. The van der Waals surface area contributed by atoms with Crippen LogP contribution < -0.4 is 0 Å². The molecule has 0 aliphatic rings. The van der Waals surface area contributed by atoms with Gasteiger partial charge in [-0.3, -0.25) is 4.99 Å². The molecule has 0 spiro atoms. The Kier molecular flexibility index (Phi) is 3.93. The SMILES string of the molecule is C/C(=N\c1ccccc1C(F)(F)F)c1ccc(C)cc1. The van der Waals surface area contributed by atoms with Gasteiger partial charge in [0.15, 0.2) is 0 Å². The standard InChI is InChI=1S/C16H14F3N/c1-11-7-9-13(10-8-11)12(2)20-15-6-4-3-5-14(15)16(17,18)19/h3-10H,1-2H3/b20-12+. The Morgan fingerprint density at radius 1 is 0.950 bits per heavy atom. The van der Waals surface area contributed by atoms with Crippen LogP contribution in [-0.2, 0) is 6.18 Å². The van der Waals surface area contributed by atoms with Crippen molar-refractivity contribution < 1.29 is 13.2 Å². The van der Waals surface area contributed by atoms with Gasteiger partial charge >= 0.3 is 6.18 Å². The second kappa shape index (κ2) is 5.49. The largest absolute Gasteiger partial charge is 0.418 e. The minimum absolute atomic E-state index is 0.0573. The lowest BCUT2D eigenvalue weighted by Gasteiger charge is -2.10. The van der Waals surface area contributed by atoms with E-state index in [1.165, 1.54) is 12.1 Å². The van der Waals surface area contributed by atoms with Crippen LogP contribution in [0.2, 0.25) is 0 Å². The maximum atomic E-state index is 12.9. The lowest BCUT2D eigenvalue weighted by atomic mass is 10.1. The van der Waals surface area contributed by atoms with Gasteiger partial charge in [-0.15, -0.1) is 0 Å². The van der Waals surface area contributed by atoms with Gasteiger partial charge < -0.3 is 0 Å². The summed E-state index contributed by atoms with van der Waals surface area (Å²) in [6, 6.07) is 12.9. The lowest BCUT2D eigenvalue weighted by molar-refractivity contribution is -0.137. The van der Waals surface area contributed by atoms with E-state index in [4.69, 9.17) is 0 Å². The molecule has 4 heteroatoms. The van der Waals surface area contributed by atoms with Gasteiger partial charge in [0.2, 0.25) is 0 Å². The van der Waals surface area contributed by atoms with Crippen LogP contribution in [0.1, 0.15) is 23.6 Å². The molecule has 0 aliphatic carbocycles. The summed E-state index contributed by atoms with van der Waals surface area (Å²) in [6.45, 7) is 3.66. The molecule has 0 unspecified atom stereocenters. The van der Waals surface area contributed by atoms with Gasteiger partial charge in [-0.05, 0) is 31.5 Å². The van der Waals surface area contributed by atoms with Crippen molar-refractivity contribution >= 4 is 11.4 Å². The second-order valence-electron chi connectivity index (χ2n) is 4.58. The molecule has 0 heterocycles. The Balaban J connectivity index is 2.43. The highest BCUT2D eigenvalue weighted by Gasteiger charge is 2.33. The van der Waals surface area contributed by atoms with Crippen LogP contribution in [0.4, 0.5) is 18.9 Å². The number of aliphatic imine (C=N–C) groups is 1. The molecule has 104 valence electrons. The number of hydrogen-bond donors (Lipinski definition) is 0. The zero-order valence-electron chi connectivity index (χ0n) is 11.2. The van der Waals surface area contributed by atoms with Crippen molar-refractivity contribution in [3.8, 4) is 0 Å². The summed E-state index contributed by atoms with van der Waals surface area (Å²) >= 11 is 0. The molecule has 0 bridgehead atoms. The fourth-order valence-corrected chi connectivity index (χ4v) is 1.85. The summed E-state index contributed by atoms with van der Waals surface area (Å²) in [5.74, 6) is 0. The van der Waals surface area contributed by atoms with Gasteiger partial charge in [0.1, 0.15) is 0 Å². The normalized spacial score (nSPS) is 12.6. The third kappa shape index (κ3) is 3.26. The highest BCUT2D eigenvalue weighted by Crippen LogP contribution is 2.36. The Bertz CT molecular complexity index is 625. The van der Waals surface area contributed by atoms with Crippen LogP contribution in [0.25, 0.3) is 0 Å². The molecule has 0 aliphatic heterocycles. The summed E-state index contributed by atoms with van der Waals surface area (Å²) in [4.78, 5) is 4.12. The molecule has 20 heavy (non-hydrogen) atoms. The molecule has 2 aromatic rings. The zero-order valence-corrected chi connectivity index (χ0v) is 11.2. The molecule has 0 atom stereocenters. The average molecular weight is 277 g/mol. The fourth-order valence-electron chi connectivity index (χ4n) is 1.85. The molecular weight excluding hydrogens is 263 g/mol. The molecule has 2 rings (SSSR count). The summed E-state index contributed by atoms with van der Waals surface area (Å²) < 4.78 is 38.7. The topological polar surface area (TPSA) is 12.4 Å². The van der Waals surface area contributed by atoms with Crippen LogP contribution in [0, 0.1) is 6.92 Å². The first kappa shape index (κ1) is 14.3. The van der Waals surface area contributed by atoms with Crippen molar-refractivity contribution in [2.45, 2.75) is 20.0 Å². The van der Waals surface area contributed by atoms with E-state index in [-0.39, 0.29) is 5.69 Å². The Morgan fingerprint density at radius 2 is 1.55 bits per heavy atom. The first-order valence-corrected chi connectivity index (χ1v) is 6.16. The van der Waals surface area contributed by atoms with E-state index >= 15 is 0 Å². The number of para-hydroxylation sites is 1. The Morgan fingerprint density at radius 3 is 2.15 bits per heavy atom.